The van der Waals surface area contributed by atoms with Crippen LogP contribution in [0.5, 0.6) is 5.75 Å². The lowest BCUT2D eigenvalue weighted by molar-refractivity contribution is -0.127. The van der Waals surface area contributed by atoms with Crippen molar-refractivity contribution in [1.29, 1.82) is 0 Å². The minimum absolute atomic E-state index is 0.0892. The largest absolute Gasteiger partial charge is 0.481 e. The normalized spacial score (nSPS) is 15.8. The second kappa shape index (κ2) is 9.74. The molecule has 1 heterocycles. The number of benzene rings is 2. The van der Waals surface area contributed by atoms with Crippen LogP contribution in [-0.4, -0.2) is 30.0 Å². The van der Waals surface area contributed by atoms with Crippen molar-refractivity contribution in [3.63, 3.8) is 0 Å². The highest BCUT2D eigenvalue weighted by Crippen LogP contribution is 2.22. The smallest absolute Gasteiger partial charge is 0.261 e. The van der Waals surface area contributed by atoms with E-state index in [9.17, 15) is 4.79 Å². The zero-order chi connectivity index (χ0) is 19.9. The third kappa shape index (κ3) is 5.35. The maximum absolute atomic E-state index is 12.6. The van der Waals surface area contributed by atoms with Crippen LogP contribution in [0.4, 0.5) is 0 Å². The van der Waals surface area contributed by atoms with Crippen molar-refractivity contribution in [3.05, 3.63) is 64.7 Å². The molecule has 1 saturated heterocycles. The molecule has 150 valence electrons. The lowest BCUT2D eigenvalue weighted by Crippen LogP contribution is -2.36. The molecule has 1 atom stereocenters. The van der Waals surface area contributed by atoms with E-state index in [0.29, 0.717) is 6.54 Å². The van der Waals surface area contributed by atoms with Crippen molar-refractivity contribution in [2.45, 2.75) is 59.2 Å². The molecular weight excluding hydrogens is 348 g/mol. The van der Waals surface area contributed by atoms with Crippen LogP contribution < -0.4 is 10.1 Å². The predicted molar refractivity (Wildman–Crippen MR) is 113 cm³/mol. The standard InChI is InChI=1S/C24H32N2O2/c1-18-10-9-13-23(19(18)2)28-20(3)24(27)25-16-21-11-5-6-12-22(21)17-26-14-7-4-8-15-26/h5-6,9-13,20H,4,7-8,14-17H2,1-3H3,(H,25,27). The minimum atomic E-state index is -0.533. The van der Waals surface area contributed by atoms with Gasteiger partial charge in [0.15, 0.2) is 6.10 Å². The molecule has 3 rings (SSSR count). The van der Waals surface area contributed by atoms with Gasteiger partial charge in [-0.1, -0.05) is 42.8 Å². The van der Waals surface area contributed by atoms with Crippen LogP contribution in [-0.2, 0) is 17.9 Å². The van der Waals surface area contributed by atoms with E-state index < -0.39 is 6.10 Å². The molecule has 1 aliphatic heterocycles. The van der Waals surface area contributed by atoms with Crippen LogP contribution in [0.15, 0.2) is 42.5 Å². The molecule has 2 aromatic carbocycles. The average Bonchev–Trinajstić information content (AvgIpc) is 2.71. The van der Waals surface area contributed by atoms with E-state index in [4.69, 9.17) is 4.74 Å². The van der Waals surface area contributed by atoms with Crippen LogP contribution in [0, 0.1) is 13.8 Å². The zero-order valence-corrected chi connectivity index (χ0v) is 17.3. The summed E-state index contributed by atoms with van der Waals surface area (Å²) in [6.45, 7) is 9.70. The first kappa shape index (κ1) is 20.4. The second-order valence-corrected chi connectivity index (χ2v) is 7.78. The Labute approximate surface area is 168 Å². The number of aryl methyl sites for hydroxylation is 1. The summed E-state index contributed by atoms with van der Waals surface area (Å²) in [6.07, 6.45) is 3.37. The summed E-state index contributed by atoms with van der Waals surface area (Å²) in [4.78, 5) is 15.1. The fourth-order valence-corrected chi connectivity index (χ4v) is 3.66. The van der Waals surface area contributed by atoms with E-state index in [1.165, 1.54) is 43.5 Å². The number of nitrogens with zero attached hydrogens (tertiary/aromatic N) is 1. The summed E-state index contributed by atoms with van der Waals surface area (Å²) in [5.41, 5.74) is 4.72. The lowest BCUT2D eigenvalue weighted by Gasteiger charge is -2.27. The van der Waals surface area contributed by atoms with Crippen LogP contribution >= 0.6 is 0 Å². The number of hydrogen-bond donors (Lipinski definition) is 1. The van der Waals surface area contributed by atoms with Crippen LogP contribution in [0.1, 0.15) is 48.4 Å². The average molecular weight is 381 g/mol. The Hall–Kier alpha value is -2.33. The second-order valence-electron chi connectivity index (χ2n) is 7.78. The first-order valence-corrected chi connectivity index (χ1v) is 10.3. The van der Waals surface area contributed by atoms with Crippen molar-refractivity contribution in [2.24, 2.45) is 0 Å². The third-order valence-corrected chi connectivity index (χ3v) is 5.64. The number of hydrogen-bond acceptors (Lipinski definition) is 3. The summed E-state index contributed by atoms with van der Waals surface area (Å²) >= 11 is 0. The number of ether oxygens (including phenoxy) is 1. The van der Waals surface area contributed by atoms with Crippen molar-refractivity contribution in [3.8, 4) is 5.75 Å². The van der Waals surface area contributed by atoms with Gasteiger partial charge in [-0.2, -0.15) is 0 Å². The minimum Gasteiger partial charge on any atom is -0.481 e. The molecule has 0 aromatic heterocycles. The van der Waals surface area contributed by atoms with Gasteiger partial charge in [0, 0.05) is 13.1 Å². The van der Waals surface area contributed by atoms with E-state index in [2.05, 4.69) is 28.4 Å². The maximum Gasteiger partial charge on any atom is 0.261 e. The number of likely N-dealkylation sites (tertiary alicyclic amines) is 1. The van der Waals surface area contributed by atoms with Crippen LogP contribution in [0.2, 0.25) is 0 Å². The highest BCUT2D eigenvalue weighted by molar-refractivity contribution is 5.80. The molecular formula is C24H32N2O2. The monoisotopic (exact) mass is 380 g/mol. The highest BCUT2D eigenvalue weighted by Gasteiger charge is 2.17. The summed E-state index contributed by atoms with van der Waals surface area (Å²) in [5, 5.41) is 3.05. The predicted octanol–water partition coefficient (Wildman–Crippen LogP) is 4.37. The van der Waals surface area contributed by atoms with Gasteiger partial charge in [-0.3, -0.25) is 9.69 Å². The van der Waals surface area contributed by atoms with Gasteiger partial charge in [-0.25, -0.2) is 0 Å². The number of piperidine rings is 1. The first-order chi connectivity index (χ1) is 13.5. The Balaban J connectivity index is 1.57. The lowest BCUT2D eigenvalue weighted by atomic mass is 10.0. The molecule has 1 N–H and O–H groups in total. The Morgan fingerprint density at radius 2 is 1.75 bits per heavy atom. The molecule has 0 aliphatic carbocycles. The molecule has 1 unspecified atom stereocenters. The number of amides is 1. The summed E-state index contributed by atoms with van der Waals surface area (Å²) in [6, 6.07) is 14.3. The Morgan fingerprint density at radius 3 is 2.50 bits per heavy atom. The number of rotatable bonds is 7. The number of nitrogens with one attached hydrogen (secondary N) is 1. The molecule has 0 saturated carbocycles. The fraction of sp³-hybridized carbons (Fsp3) is 0.458. The highest BCUT2D eigenvalue weighted by atomic mass is 16.5. The van der Waals surface area contributed by atoms with E-state index in [0.717, 1.165) is 23.4 Å². The topological polar surface area (TPSA) is 41.6 Å². The van der Waals surface area contributed by atoms with Gasteiger partial charge in [0.05, 0.1) is 0 Å². The van der Waals surface area contributed by atoms with E-state index in [1.54, 1.807) is 6.92 Å². The molecule has 4 nitrogen and oxygen atoms in total. The van der Waals surface area contributed by atoms with Crippen LogP contribution in [0.25, 0.3) is 0 Å². The summed E-state index contributed by atoms with van der Waals surface area (Å²) < 4.78 is 5.91. The molecule has 28 heavy (non-hydrogen) atoms. The molecule has 1 amide bonds. The van der Waals surface area contributed by atoms with E-state index in [-0.39, 0.29) is 5.91 Å². The van der Waals surface area contributed by atoms with E-state index in [1.807, 2.05) is 38.1 Å². The van der Waals surface area contributed by atoms with Gasteiger partial charge in [-0.05, 0) is 75.0 Å². The molecule has 4 heteroatoms. The maximum atomic E-state index is 12.6. The van der Waals surface area contributed by atoms with Gasteiger partial charge in [0.25, 0.3) is 5.91 Å². The van der Waals surface area contributed by atoms with Crippen molar-refractivity contribution in [1.82, 2.24) is 10.2 Å². The summed E-state index contributed by atoms with van der Waals surface area (Å²) in [7, 11) is 0. The molecule has 2 aromatic rings. The zero-order valence-electron chi connectivity index (χ0n) is 17.3. The molecule has 1 aliphatic rings. The van der Waals surface area contributed by atoms with Gasteiger partial charge in [0.2, 0.25) is 0 Å². The van der Waals surface area contributed by atoms with Crippen molar-refractivity contribution in [2.75, 3.05) is 13.1 Å². The van der Waals surface area contributed by atoms with E-state index >= 15 is 0 Å². The van der Waals surface area contributed by atoms with Gasteiger partial charge >= 0.3 is 0 Å². The molecule has 0 spiro atoms. The Bertz CT molecular complexity index is 797. The van der Waals surface area contributed by atoms with Gasteiger partial charge in [-0.15, -0.1) is 0 Å². The molecule has 0 bridgehead atoms. The SMILES string of the molecule is Cc1cccc(OC(C)C(=O)NCc2ccccc2CN2CCCCC2)c1C. The first-order valence-electron chi connectivity index (χ1n) is 10.3. The number of carbonyl (C=O) groups excluding carboxylic acids is 1. The molecule has 0 radical (unpaired) electrons. The van der Waals surface area contributed by atoms with Crippen molar-refractivity contribution < 1.29 is 9.53 Å². The Morgan fingerprint density at radius 1 is 1.04 bits per heavy atom. The van der Waals surface area contributed by atoms with Gasteiger partial charge in [0.1, 0.15) is 5.75 Å². The third-order valence-electron chi connectivity index (χ3n) is 5.64. The Kier molecular flexibility index (Phi) is 7.10. The summed E-state index contributed by atoms with van der Waals surface area (Å²) in [5.74, 6) is 0.682. The van der Waals surface area contributed by atoms with Crippen LogP contribution in [0.3, 0.4) is 0 Å². The quantitative estimate of drug-likeness (QED) is 0.775. The molecule has 1 fully saturated rings. The fourth-order valence-electron chi connectivity index (χ4n) is 3.66. The number of carbonyl (C=O) groups is 1. The van der Waals surface area contributed by atoms with Gasteiger partial charge < -0.3 is 10.1 Å². The van der Waals surface area contributed by atoms with Crippen molar-refractivity contribution >= 4 is 5.91 Å².